The molecule has 0 bridgehead atoms. The van der Waals surface area contributed by atoms with Gasteiger partial charge in [0, 0.05) is 18.3 Å². The van der Waals surface area contributed by atoms with Gasteiger partial charge in [0.1, 0.15) is 10.1 Å². The van der Waals surface area contributed by atoms with Gasteiger partial charge < -0.3 is 19.0 Å². The first kappa shape index (κ1) is 43.8. The van der Waals surface area contributed by atoms with E-state index in [1.54, 1.807) is 23.8 Å². The molecule has 0 radical (unpaired) electrons. The monoisotopic (exact) mass is 811 g/mol. The summed E-state index contributed by atoms with van der Waals surface area (Å²) in [7, 11) is -1.05. The van der Waals surface area contributed by atoms with Gasteiger partial charge in [-0.15, -0.1) is 0 Å². The van der Waals surface area contributed by atoms with Crippen LogP contribution in [0.25, 0.3) is 0 Å². The highest BCUT2D eigenvalue weighted by atomic mass is 32.2. The van der Waals surface area contributed by atoms with Gasteiger partial charge in [-0.05, 0) is 63.3 Å². The van der Waals surface area contributed by atoms with Crippen molar-refractivity contribution in [3.05, 3.63) is 126 Å². The molecule has 0 aliphatic carbocycles. The van der Waals surface area contributed by atoms with E-state index in [0.717, 1.165) is 35.5 Å². The smallest absolute Gasteiger partial charge is 0.261 e. The maximum Gasteiger partial charge on any atom is 0.261 e. The molecule has 1 saturated heterocycles. The molecule has 56 heavy (non-hydrogen) atoms. The first-order chi connectivity index (χ1) is 26.8. The Morgan fingerprint density at radius 3 is 1.95 bits per heavy atom. The lowest BCUT2D eigenvalue weighted by atomic mass is 9.80. The van der Waals surface area contributed by atoms with E-state index in [9.17, 15) is 9.90 Å². The lowest BCUT2D eigenvalue weighted by molar-refractivity contribution is -0.140. The Kier molecular flexibility index (Phi) is 15.6. The van der Waals surface area contributed by atoms with Gasteiger partial charge in [-0.1, -0.05) is 176 Å². The predicted molar refractivity (Wildman–Crippen MR) is 238 cm³/mol. The molecule has 4 aromatic rings. The lowest BCUT2D eigenvalue weighted by Gasteiger charge is -2.44. The van der Waals surface area contributed by atoms with Crippen molar-refractivity contribution in [3.8, 4) is 5.75 Å². The van der Waals surface area contributed by atoms with Gasteiger partial charge in [-0.3, -0.25) is 9.69 Å². The average molecular weight is 812 g/mol. The molecule has 9 heteroatoms. The highest BCUT2D eigenvalue weighted by Gasteiger charge is 2.50. The van der Waals surface area contributed by atoms with Crippen molar-refractivity contribution in [2.75, 3.05) is 19.5 Å². The van der Waals surface area contributed by atoms with E-state index < -0.39 is 20.3 Å². The predicted octanol–water partition coefficient (Wildman–Crippen LogP) is 8.92. The zero-order valence-electron chi connectivity index (χ0n) is 34.4. The summed E-state index contributed by atoms with van der Waals surface area (Å²) in [6.45, 7) is 16.2. The third-order valence-corrected chi connectivity index (χ3v) is 18.0. The molecule has 1 heterocycles. The molecule has 0 saturated carbocycles. The summed E-state index contributed by atoms with van der Waals surface area (Å²) in [6.07, 6.45) is 0.255. The van der Waals surface area contributed by atoms with Gasteiger partial charge in [0.05, 0.1) is 37.9 Å². The molecule has 0 unspecified atom stereocenters. The quantitative estimate of drug-likeness (QED) is 0.0796. The van der Waals surface area contributed by atoms with Crippen molar-refractivity contribution < 1.29 is 23.8 Å². The number of amides is 1. The van der Waals surface area contributed by atoms with Crippen LogP contribution in [0, 0.1) is 23.7 Å². The van der Waals surface area contributed by atoms with Gasteiger partial charge in [-0.25, -0.2) is 0 Å². The largest absolute Gasteiger partial charge is 0.497 e. The summed E-state index contributed by atoms with van der Waals surface area (Å²) in [5.74, 6) is 0.628. The number of aliphatic hydroxyl groups is 1. The zero-order chi connectivity index (χ0) is 40.5. The number of rotatable bonds is 18. The number of carbonyl (C=O) groups excluding carboxylic acids is 1. The van der Waals surface area contributed by atoms with Crippen LogP contribution in [-0.4, -0.2) is 66.3 Å². The second kappa shape index (κ2) is 19.9. The van der Waals surface area contributed by atoms with Gasteiger partial charge >= 0.3 is 0 Å². The molecule has 4 aromatic carbocycles. The number of carbonyl (C=O) groups is 1. The highest BCUT2D eigenvalue weighted by molar-refractivity contribution is 8.23. The van der Waals surface area contributed by atoms with E-state index in [0.29, 0.717) is 17.5 Å². The minimum Gasteiger partial charge on any atom is -0.497 e. The van der Waals surface area contributed by atoms with E-state index >= 15 is 0 Å². The summed E-state index contributed by atoms with van der Waals surface area (Å²) in [6, 6.07) is 39.5. The maximum absolute atomic E-state index is 14.2. The van der Waals surface area contributed by atoms with Crippen molar-refractivity contribution in [3.63, 3.8) is 0 Å². The molecule has 1 amide bonds. The minimum atomic E-state index is -2.71. The lowest BCUT2D eigenvalue weighted by Crippen LogP contribution is -2.66. The van der Waals surface area contributed by atoms with Crippen LogP contribution in [0.1, 0.15) is 66.0 Å². The molecule has 6 nitrogen and oxygen atoms in total. The maximum atomic E-state index is 14.2. The molecule has 300 valence electrons. The molecular weight excluding hydrogens is 751 g/mol. The number of hydrogen-bond donors (Lipinski definition) is 1. The van der Waals surface area contributed by atoms with E-state index in [1.807, 2.05) is 56.3 Å². The van der Waals surface area contributed by atoms with E-state index in [2.05, 4.69) is 107 Å². The van der Waals surface area contributed by atoms with Crippen LogP contribution < -0.4 is 15.1 Å². The Bertz CT molecular complexity index is 1780. The number of nitrogens with zero attached hydrogens (tertiary/aromatic N) is 1. The second-order valence-corrected chi connectivity index (χ2v) is 22.6. The number of hydrogen-bond acceptors (Lipinski definition) is 7. The summed E-state index contributed by atoms with van der Waals surface area (Å²) in [4.78, 5) is 16.0. The number of thioether (sulfide) groups is 1. The fourth-order valence-corrected chi connectivity index (χ4v) is 14.5. The van der Waals surface area contributed by atoms with Crippen LogP contribution in [-0.2, 0) is 27.0 Å². The number of benzene rings is 4. The van der Waals surface area contributed by atoms with Crippen LogP contribution in [0.3, 0.4) is 0 Å². The Morgan fingerprint density at radius 2 is 1.41 bits per heavy atom. The van der Waals surface area contributed by atoms with Crippen LogP contribution >= 0.6 is 24.0 Å². The Labute approximate surface area is 346 Å². The Balaban J connectivity index is 1.35. The van der Waals surface area contributed by atoms with Crippen LogP contribution in [0.5, 0.6) is 5.75 Å². The molecule has 1 aliphatic heterocycles. The third kappa shape index (κ3) is 10.4. The fraction of sp³-hybridized carbons (Fsp3) is 0.447. The molecule has 1 aliphatic rings. The Hall–Kier alpha value is -3.31. The molecule has 0 aromatic heterocycles. The topological polar surface area (TPSA) is 68.2 Å². The van der Waals surface area contributed by atoms with Gasteiger partial charge in [0.15, 0.2) is 0 Å². The normalized spacial score (nSPS) is 18.2. The SMILES string of the molecule is COc1ccc(CO[C@@H]([C@@H](C)[C@H](O)[C@@H](C)C(=O)N2C(=S)SC[C@H]2Cc2ccccc2)[C@@H](C)C[C@@H](C)CO[Si](c2ccccc2)(c2ccccc2)C(C)(C)C)cc1. The zero-order valence-corrected chi connectivity index (χ0v) is 37.0. The standard InChI is InChI=1S/C47H61NO5S2Si/c1-33(30-53-56(47(5,6)7,41-20-14-10-15-21-41)42-22-16-11-17-23-42)28-34(2)44(52-31-38-24-26-40(51-8)27-25-38)35(3)43(49)36(4)45(50)48-39(32-55-46(48)54)29-37-18-12-9-13-19-37/h9-27,33-36,39,43-44,49H,28-32H2,1-8H3/t33-,34+,35+,36-,39-,43+,44-/m1/s1. The van der Waals surface area contributed by atoms with Gasteiger partial charge in [0.25, 0.3) is 8.32 Å². The van der Waals surface area contributed by atoms with Crippen LogP contribution in [0.15, 0.2) is 115 Å². The summed E-state index contributed by atoms with van der Waals surface area (Å²) in [5, 5.41) is 14.4. The van der Waals surface area contributed by atoms with Crippen molar-refractivity contribution in [2.24, 2.45) is 23.7 Å². The van der Waals surface area contributed by atoms with Crippen molar-refractivity contribution in [2.45, 2.75) is 91.2 Å². The number of thiocarbonyl (C=S) groups is 1. The number of ether oxygens (including phenoxy) is 2. The third-order valence-electron chi connectivity index (χ3n) is 11.4. The minimum absolute atomic E-state index is 0.0483. The second-order valence-electron chi connectivity index (χ2n) is 16.7. The highest BCUT2D eigenvalue weighted by Crippen LogP contribution is 2.38. The van der Waals surface area contributed by atoms with Crippen molar-refractivity contribution in [1.29, 1.82) is 0 Å². The average Bonchev–Trinajstić information content (AvgIpc) is 3.56. The molecule has 5 rings (SSSR count). The molecular formula is C47H61NO5S2Si. The number of aliphatic hydroxyl groups excluding tert-OH is 1. The fourth-order valence-electron chi connectivity index (χ4n) is 8.40. The molecule has 1 N–H and O–H groups in total. The summed E-state index contributed by atoms with van der Waals surface area (Å²) in [5.41, 5.74) is 2.18. The molecule has 0 spiro atoms. The van der Waals surface area contributed by atoms with Crippen LogP contribution in [0.2, 0.25) is 5.04 Å². The van der Waals surface area contributed by atoms with Gasteiger partial charge in [-0.2, -0.15) is 0 Å². The molecule has 1 fully saturated rings. The van der Waals surface area contributed by atoms with E-state index in [4.69, 9.17) is 26.1 Å². The first-order valence-electron chi connectivity index (χ1n) is 20.0. The molecule has 7 atom stereocenters. The van der Waals surface area contributed by atoms with E-state index in [-0.39, 0.29) is 40.8 Å². The van der Waals surface area contributed by atoms with Crippen molar-refractivity contribution >= 4 is 52.9 Å². The first-order valence-corrected chi connectivity index (χ1v) is 23.3. The summed E-state index contributed by atoms with van der Waals surface area (Å²) < 4.78 is 20.1. The Morgan fingerprint density at radius 1 is 0.857 bits per heavy atom. The summed E-state index contributed by atoms with van der Waals surface area (Å²) >= 11 is 7.26. The number of methoxy groups -OCH3 is 1. The van der Waals surface area contributed by atoms with Crippen LogP contribution in [0.4, 0.5) is 0 Å². The van der Waals surface area contributed by atoms with Gasteiger partial charge in [0.2, 0.25) is 5.91 Å². The van der Waals surface area contributed by atoms with E-state index in [1.165, 1.54) is 10.4 Å². The van der Waals surface area contributed by atoms with Crippen molar-refractivity contribution in [1.82, 2.24) is 4.90 Å².